The van der Waals surface area contributed by atoms with Crippen LogP contribution in [0.2, 0.25) is 5.04 Å². The summed E-state index contributed by atoms with van der Waals surface area (Å²) in [5, 5.41) is 2.47. The molecule has 0 heterocycles. The highest BCUT2D eigenvalue weighted by atomic mass is 28.4. The average Bonchev–Trinajstić information content (AvgIpc) is 3.17. The highest BCUT2D eigenvalue weighted by Gasteiger charge is 2.50. The van der Waals surface area contributed by atoms with Crippen LogP contribution in [0.25, 0.3) is 0 Å². The Hall–Kier alpha value is -2.23. The molecule has 54 heavy (non-hydrogen) atoms. The van der Waals surface area contributed by atoms with Gasteiger partial charge in [-0.3, -0.25) is 4.79 Å². The normalized spacial score (nSPS) is 12.0. The number of esters is 1. The lowest BCUT2D eigenvalue weighted by atomic mass is 10.1. The van der Waals surface area contributed by atoms with Gasteiger partial charge in [0.05, 0.1) is 112 Å². The highest BCUT2D eigenvalue weighted by Crippen LogP contribution is 2.36. The van der Waals surface area contributed by atoms with Crippen LogP contribution in [0.5, 0.6) is 0 Å². The Morgan fingerprint density at radius 1 is 0.463 bits per heavy atom. The molecular weight excluding hydrogens is 709 g/mol. The second-order valence-corrected chi connectivity index (χ2v) is 18.1. The number of benzene rings is 2. The fourth-order valence-electron chi connectivity index (χ4n) is 5.82. The third-order valence-electron chi connectivity index (χ3n) is 8.54. The van der Waals surface area contributed by atoms with Gasteiger partial charge in [0, 0.05) is 6.42 Å². The van der Waals surface area contributed by atoms with E-state index in [1.54, 1.807) is 0 Å². The predicted molar refractivity (Wildman–Crippen MR) is 214 cm³/mol. The first-order valence-electron chi connectivity index (χ1n) is 19.9. The van der Waals surface area contributed by atoms with Crippen LogP contribution < -0.4 is 10.4 Å². The number of carbonyl (C=O) groups is 1. The molecule has 0 aliphatic rings. The summed E-state index contributed by atoms with van der Waals surface area (Å²) >= 11 is 0. The molecule has 0 spiro atoms. The lowest BCUT2D eigenvalue weighted by molar-refractivity contribution is -0.145. The van der Waals surface area contributed by atoms with E-state index >= 15 is 0 Å². The van der Waals surface area contributed by atoms with E-state index in [1.165, 1.54) is 29.6 Å². The molecule has 0 aromatic heterocycles. The first-order valence-corrected chi connectivity index (χ1v) is 21.8. The molecule has 0 unspecified atom stereocenters. The fourth-order valence-corrected chi connectivity index (χ4v) is 10.4. The van der Waals surface area contributed by atoms with Gasteiger partial charge in [0.1, 0.15) is 6.61 Å². The second kappa shape index (κ2) is 31.9. The Balaban J connectivity index is 1.32. The molecule has 0 aliphatic heterocycles. The van der Waals surface area contributed by atoms with Crippen molar-refractivity contribution in [2.24, 2.45) is 0 Å². The van der Waals surface area contributed by atoms with Crippen LogP contribution in [-0.4, -0.2) is 133 Å². The van der Waals surface area contributed by atoms with Crippen molar-refractivity contribution in [1.29, 1.82) is 0 Å². The van der Waals surface area contributed by atoms with Crippen molar-refractivity contribution in [2.45, 2.75) is 71.3 Å². The van der Waals surface area contributed by atoms with Crippen molar-refractivity contribution < 1.29 is 51.9 Å². The topological polar surface area (TPSA) is 109 Å². The molecule has 0 fully saturated rings. The second-order valence-electron chi connectivity index (χ2n) is 13.8. The fraction of sp³-hybridized carbons (Fsp3) is 0.690. The molecule has 0 N–H and O–H groups in total. The highest BCUT2D eigenvalue weighted by molar-refractivity contribution is 6.99. The lowest BCUT2D eigenvalue weighted by Gasteiger charge is -2.43. The molecule has 0 bridgehead atoms. The summed E-state index contributed by atoms with van der Waals surface area (Å²) in [5.41, 5.74) is 0. The Kier molecular flexibility index (Phi) is 28.3. The largest absolute Gasteiger partial charge is 0.463 e. The molecule has 2 rings (SSSR count). The van der Waals surface area contributed by atoms with Gasteiger partial charge in [0.25, 0.3) is 8.32 Å². The summed E-state index contributed by atoms with van der Waals surface area (Å²) in [4.78, 5) is 11.6. The van der Waals surface area contributed by atoms with E-state index in [9.17, 15) is 4.79 Å². The summed E-state index contributed by atoms with van der Waals surface area (Å²) in [6.45, 7) is 17.6. The zero-order chi connectivity index (χ0) is 38.8. The van der Waals surface area contributed by atoms with Crippen LogP contribution in [-0.2, 0) is 51.9 Å². The van der Waals surface area contributed by atoms with E-state index in [4.69, 9.17) is 47.1 Å². The first-order chi connectivity index (χ1) is 26.4. The molecule has 12 heteroatoms. The Labute approximate surface area is 326 Å². The van der Waals surface area contributed by atoms with E-state index in [-0.39, 0.29) is 17.6 Å². The third kappa shape index (κ3) is 21.8. The molecule has 308 valence electrons. The molecule has 0 atom stereocenters. The number of unbranched alkanes of at least 4 members (excludes halogenated alkanes) is 4. The summed E-state index contributed by atoms with van der Waals surface area (Å²) in [6, 6.07) is 21.3. The summed E-state index contributed by atoms with van der Waals surface area (Å²) in [7, 11) is -2.54. The Morgan fingerprint density at radius 2 is 0.796 bits per heavy atom. The maximum absolute atomic E-state index is 11.6. The maximum atomic E-state index is 11.6. The Bertz CT molecular complexity index is 1090. The zero-order valence-corrected chi connectivity index (χ0v) is 34.7. The number of rotatable bonds is 36. The van der Waals surface area contributed by atoms with Gasteiger partial charge in [-0.1, -0.05) is 114 Å². The molecular formula is C42H70O11Si. The maximum Gasteiger partial charge on any atom is 0.305 e. The van der Waals surface area contributed by atoms with Gasteiger partial charge in [-0.2, -0.15) is 0 Å². The van der Waals surface area contributed by atoms with Crippen molar-refractivity contribution in [3.05, 3.63) is 60.7 Å². The van der Waals surface area contributed by atoms with Crippen LogP contribution in [0.4, 0.5) is 0 Å². The van der Waals surface area contributed by atoms with Gasteiger partial charge < -0.3 is 47.1 Å². The minimum absolute atomic E-state index is 0.0581. The summed E-state index contributed by atoms with van der Waals surface area (Å²) < 4.78 is 56.6. The first kappa shape index (κ1) is 47.9. The molecule has 2 aromatic carbocycles. The van der Waals surface area contributed by atoms with Gasteiger partial charge in [-0.25, -0.2) is 0 Å². The smallest absolute Gasteiger partial charge is 0.305 e. The van der Waals surface area contributed by atoms with Crippen molar-refractivity contribution >= 4 is 24.7 Å². The van der Waals surface area contributed by atoms with E-state index in [0.717, 1.165) is 12.8 Å². The lowest BCUT2D eigenvalue weighted by Crippen LogP contribution is -2.66. The number of hydrogen-bond donors (Lipinski definition) is 0. The average molecular weight is 779 g/mol. The predicted octanol–water partition coefficient (Wildman–Crippen LogP) is 5.60. The Morgan fingerprint density at radius 3 is 1.15 bits per heavy atom. The SMILES string of the molecule is CCCCCCCC(=O)OCCOCCOCCOCCOCCOCCOCCOCCOCCO[Si](c1ccccc1)(c1ccccc1)C(C)(C)C. The van der Waals surface area contributed by atoms with Gasteiger partial charge >= 0.3 is 5.97 Å². The zero-order valence-electron chi connectivity index (χ0n) is 33.7. The van der Waals surface area contributed by atoms with Crippen molar-refractivity contribution in [1.82, 2.24) is 0 Å². The molecule has 0 saturated heterocycles. The van der Waals surface area contributed by atoms with Crippen LogP contribution in [0.1, 0.15) is 66.2 Å². The summed E-state index contributed by atoms with van der Waals surface area (Å²) in [6.07, 6.45) is 6.07. The number of carbonyl (C=O) groups excluding carboxylic acids is 1. The van der Waals surface area contributed by atoms with Crippen LogP contribution in [0, 0.1) is 0 Å². The van der Waals surface area contributed by atoms with Gasteiger partial charge in [-0.15, -0.1) is 0 Å². The van der Waals surface area contributed by atoms with Crippen molar-refractivity contribution in [3.63, 3.8) is 0 Å². The molecule has 0 radical (unpaired) electrons. The van der Waals surface area contributed by atoms with Crippen LogP contribution in [0.3, 0.4) is 0 Å². The molecule has 0 saturated carbocycles. The molecule has 2 aromatic rings. The minimum atomic E-state index is -2.54. The third-order valence-corrected chi connectivity index (χ3v) is 13.6. The molecule has 0 aliphatic carbocycles. The van der Waals surface area contributed by atoms with Gasteiger partial charge in [0.15, 0.2) is 0 Å². The minimum Gasteiger partial charge on any atom is -0.463 e. The van der Waals surface area contributed by atoms with Gasteiger partial charge in [0.2, 0.25) is 0 Å². The van der Waals surface area contributed by atoms with E-state index in [1.807, 2.05) is 0 Å². The number of hydrogen-bond acceptors (Lipinski definition) is 11. The van der Waals surface area contributed by atoms with Gasteiger partial charge in [-0.05, 0) is 21.8 Å². The van der Waals surface area contributed by atoms with E-state index < -0.39 is 8.32 Å². The van der Waals surface area contributed by atoms with Crippen molar-refractivity contribution in [3.8, 4) is 0 Å². The summed E-state index contributed by atoms with van der Waals surface area (Å²) in [5.74, 6) is -0.146. The van der Waals surface area contributed by atoms with Crippen LogP contribution >= 0.6 is 0 Å². The van der Waals surface area contributed by atoms with E-state index in [2.05, 4.69) is 88.4 Å². The van der Waals surface area contributed by atoms with Crippen molar-refractivity contribution in [2.75, 3.05) is 119 Å². The quantitative estimate of drug-likeness (QED) is 0.0490. The van der Waals surface area contributed by atoms with E-state index in [0.29, 0.717) is 119 Å². The monoisotopic (exact) mass is 778 g/mol. The molecule has 11 nitrogen and oxygen atoms in total. The van der Waals surface area contributed by atoms with Crippen LogP contribution in [0.15, 0.2) is 60.7 Å². The standard InChI is InChI=1S/C42H70O11Si/c1-5-6-7-8-15-20-41(43)52-37-35-50-33-31-48-29-27-46-25-23-44-21-22-45-24-26-47-28-30-49-32-34-51-36-38-53-54(42(2,3)4,39-16-11-9-12-17-39)40-18-13-10-14-19-40/h9-14,16-19H,5-8,15,20-38H2,1-4H3. The molecule has 0 amide bonds. The number of ether oxygens (including phenoxy) is 9.